The number of para-hydroxylation sites is 2. The summed E-state index contributed by atoms with van der Waals surface area (Å²) in [7, 11) is 0. The highest BCUT2D eigenvalue weighted by atomic mass is 16.3. The summed E-state index contributed by atoms with van der Waals surface area (Å²) in [5.41, 5.74) is 11.5. The number of nitrogens with zero attached hydrogens (tertiary/aromatic N) is 1. The Morgan fingerprint density at radius 1 is 0.625 bits per heavy atom. The molecule has 0 bridgehead atoms. The number of furan rings is 2. The van der Waals surface area contributed by atoms with Crippen LogP contribution in [0.5, 0.6) is 0 Å². The van der Waals surface area contributed by atoms with Crippen LogP contribution in [0, 0.1) is 6.92 Å². The van der Waals surface area contributed by atoms with Gasteiger partial charge in [-0.1, -0.05) is 84.4 Å². The number of aromatic nitrogens is 1. The smallest absolute Gasteiger partial charge is 0.159 e. The zero-order valence-corrected chi connectivity index (χ0v) is 21.8. The van der Waals surface area contributed by atoms with E-state index in [1.54, 1.807) is 0 Å². The van der Waals surface area contributed by atoms with Crippen LogP contribution in [0.15, 0.2) is 112 Å². The summed E-state index contributed by atoms with van der Waals surface area (Å²) in [4.78, 5) is 0. The van der Waals surface area contributed by atoms with Crippen molar-refractivity contribution in [1.82, 2.24) is 4.57 Å². The van der Waals surface area contributed by atoms with Crippen molar-refractivity contribution in [3.8, 4) is 11.1 Å². The first-order valence-corrected chi connectivity index (χ1v) is 13.9. The molecule has 3 aromatic heterocycles. The molecule has 0 saturated carbocycles. The zero-order valence-electron chi connectivity index (χ0n) is 21.8. The largest absolute Gasteiger partial charge is 0.458 e. The van der Waals surface area contributed by atoms with E-state index in [1.165, 1.54) is 49.5 Å². The summed E-state index contributed by atoms with van der Waals surface area (Å²) in [6, 6.07) is 34.9. The van der Waals surface area contributed by atoms with Crippen LogP contribution in [0.2, 0.25) is 0 Å². The molecule has 188 valence electrons. The molecule has 2 atom stereocenters. The maximum atomic E-state index is 6.68. The molecule has 10 rings (SSSR count). The van der Waals surface area contributed by atoms with Gasteiger partial charge in [0.05, 0.1) is 11.0 Å². The molecule has 2 unspecified atom stereocenters. The average Bonchev–Trinajstić information content (AvgIpc) is 3.73. The first-order valence-electron chi connectivity index (χ1n) is 13.9. The van der Waals surface area contributed by atoms with Gasteiger partial charge in [0.1, 0.15) is 23.0 Å². The first-order chi connectivity index (χ1) is 19.7. The van der Waals surface area contributed by atoms with E-state index in [0.717, 1.165) is 38.8 Å². The minimum atomic E-state index is 0.0227. The SMILES string of the molecule is Cc1ccc(-c2cc3c4c(c2)c2ccc5c6ccccc6oc5c2n4C2c4oc5ccccc5c4C=CC32)cc1. The lowest BCUT2D eigenvalue weighted by Crippen LogP contribution is -2.14. The third-order valence-corrected chi connectivity index (χ3v) is 9.20. The predicted molar refractivity (Wildman–Crippen MR) is 163 cm³/mol. The van der Waals surface area contributed by atoms with E-state index >= 15 is 0 Å². The highest BCUT2D eigenvalue weighted by Crippen LogP contribution is 2.56. The minimum Gasteiger partial charge on any atom is -0.458 e. The molecule has 1 aliphatic carbocycles. The lowest BCUT2D eigenvalue weighted by atomic mass is 9.84. The molecule has 0 spiro atoms. The van der Waals surface area contributed by atoms with E-state index in [9.17, 15) is 0 Å². The fourth-order valence-electron chi connectivity index (χ4n) is 7.41. The summed E-state index contributed by atoms with van der Waals surface area (Å²) in [6.45, 7) is 2.14. The molecule has 3 heteroatoms. The molecule has 0 saturated heterocycles. The van der Waals surface area contributed by atoms with Gasteiger partial charge < -0.3 is 13.4 Å². The van der Waals surface area contributed by atoms with Crippen molar-refractivity contribution in [2.75, 3.05) is 0 Å². The second-order valence-electron chi connectivity index (χ2n) is 11.3. The van der Waals surface area contributed by atoms with Crippen molar-refractivity contribution < 1.29 is 8.83 Å². The van der Waals surface area contributed by atoms with Crippen LogP contribution >= 0.6 is 0 Å². The predicted octanol–water partition coefficient (Wildman–Crippen LogP) is 10.1. The van der Waals surface area contributed by atoms with E-state index in [2.05, 4.69) is 115 Å². The summed E-state index contributed by atoms with van der Waals surface area (Å²) in [6.07, 6.45) is 4.67. The number of fused-ring (bicyclic) bond motifs is 14. The number of hydrogen-bond acceptors (Lipinski definition) is 2. The monoisotopic (exact) mass is 513 g/mol. The van der Waals surface area contributed by atoms with Gasteiger partial charge in [-0.25, -0.2) is 0 Å². The molecule has 0 N–H and O–H groups in total. The Balaban J connectivity index is 1.38. The van der Waals surface area contributed by atoms with Gasteiger partial charge in [-0.3, -0.25) is 0 Å². The maximum absolute atomic E-state index is 6.68. The highest BCUT2D eigenvalue weighted by molar-refractivity contribution is 6.22. The third-order valence-electron chi connectivity index (χ3n) is 9.20. The number of rotatable bonds is 1. The van der Waals surface area contributed by atoms with Crippen molar-refractivity contribution in [3.05, 3.63) is 126 Å². The van der Waals surface area contributed by atoms with Crippen LogP contribution in [-0.4, -0.2) is 4.57 Å². The van der Waals surface area contributed by atoms with Crippen molar-refractivity contribution in [1.29, 1.82) is 0 Å². The number of aryl methyl sites for hydroxylation is 1. The van der Waals surface area contributed by atoms with Crippen molar-refractivity contribution in [3.63, 3.8) is 0 Å². The fraction of sp³-hybridized carbons (Fsp3) is 0.0811. The van der Waals surface area contributed by atoms with E-state index in [0.29, 0.717) is 0 Å². The van der Waals surface area contributed by atoms with E-state index < -0.39 is 0 Å². The molecular weight excluding hydrogens is 490 g/mol. The average molecular weight is 514 g/mol. The van der Waals surface area contributed by atoms with Gasteiger partial charge in [0.2, 0.25) is 0 Å². The summed E-state index contributed by atoms with van der Waals surface area (Å²) in [5.74, 6) is 1.22. The summed E-state index contributed by atoms with van der Waals surface area (Å²) < 4.78 is 15.9. The molecule has 1 aliphatic heterocycles. The van der Waals surface area contributed by atoms with Gasteiger partial charge in [0.15, 0.2) is 5.58 Å². The Kier molecular flexibility index (Phi) is 3.72. The van der Waals surface area contributed by atoms with Crippen LogP contribution in [0.4, 0.5) is 0 Å². The number of allylic oxidation sites excluding steroid dienone is 1. The standard InChI is InChI=1S/C37H23NO2/c1-20-10-12-21(13-11-20)22-18-29-25-14-16-27-23-6-2-4-8-31(23)39-36(27)34(25)38-33(29)30(19-22)26-15-17-28-24-7-3-5-9-32(24)40-37(28)35(26)38/h2-19,25,34H,1H3. The van der Waals surface area contributed by atoms with Gasteiger partial charge in [-0.15, -0.1) is 0 Å². The lowest BCUT2D eigenvalue weighted by molar-refractivity contribution is 0.448. The summed E-state index contributed by atoms with van der Waals surface area (Å²) in [5, 5.41) is 5.97. The molecule has 0 fully saturated rings. The molecule has 3 nitrogen and oxygen atoms in total. The zero-order chi connectivity index (χ0) is 26.1. The molecule has 4 heterocycles. The Hall–Kier alpha value is -5.02. The van der Waals surface area contributed by atoms with E-state index in [1.807, 2.05) is 6.07 Å². The van der Waals surface area contributed by atoms with Crippen LogP contribution in [-0.2, 0) is 0 Å². The van der Waals surface area contributed by atoms with Crippen LogP contribution in [0.1, 0.15) is 34.4 Å². The van der Waals surface area contributed by atoms with Crippen LogP contribution in [0.25, 0.3) is 71.9 Å². The number of hydrogen-bond donors (Lipinski definition) is 0. The topological polar surface area (TPSA) is 31.2 Å². The minimum absolute atomic E-state index is 0.0227. The Labute approximate surface area is 229 Å². The summed E-state index contributed by atoms with van der Waals surface area (Å²) >= 11 is 0. The highest BCUT2D eigenvalue weighted by Gasteiger charge is 2.42. The van der Waals surface area contributed by atoms with Crippen molar-refractivity contribution >= 4 is 60.8 Å². The van der Waals surface area contributed by atoms with E-state index in [-0.39, 0.29) is 12.0 Å². The second-order valence-corrected chi connectivity index (χ2v) is 11.3. The fourth-order valence-corrected chi connectivity index (χ4v) is 7.41. The Morgan fingerprint density at radius 3 is 2.23 bits per heavy atom. The van der Waals surface area contributed by atoms with Crippen molar-refractivity contribution in [2.24, 2.45) is 0 Å². The van der Waals surface area contributed by atoms with Gasteiger partial charge >= 0.3 is 0 Å². The Morgan fingerprint density at radius 2 is 1.38 bits per heavy atom. The molecule has 5 aromatic carbocycles. The van der Waals surface area contributed by atoms with Crippen LogP contribution < -0.4 is 0 Å². The number of benzene rings is 5. The molecule has 0 radical (unpaired) electrons. The second kappa shape index (κ2) is 7.13. The Bertz CT molecular complexity index is 2390. The van der Waals surface area contributed by atoms with Gasteiger partial charge in [-0.2, -0.15) is 0 Å². The lowest BCUT2D eigenvalue weighted by Gasteiger charge is -2.23. The first kappa shape index (κ1) is 20.9. The van der Waals surface area contributed by atoms with Gasteiger partial charge in [0, 0.05) is 38.4 Å². The van der Waals surface area contributed by atoms with Gasteiger partial charge in [0.25, 0.3) is 0 Å². The normalized spacial score (nSPS) is 17.5. The van der Waals surface area contributed by atoms with E-state index in [4.69, 9.17) is 8.83 Å². The van der Waals surface area contributed by atoms with Crippen LogP contribution in [0.3, 0.4) is 0 Å². The third kappa shape index (κ3) is 2.46. The molecular formula is C37H23NO2. The quantitative estimate of drug-likeness (QED) is 0.219. The van der Waals surface area contributed by atoms with Crippen molar-refractivity contribution in [2.45, 2.75) is 18.9 Å². The molecule has 0 amide bonds. The molecule has 40 heavy (non-hydrogen) atoms. The molecule has 8 aromatic rings. The van der Waals surface area contributed by atoms with Gasteiger partial charge in [-0.05, 0) is 53.9 Å². The maximum Gasteiger partial charge on any atom is 0.159 e. The molecule has 2 aliphatic rings.